The van der Waals surface area contributed by atoms with E-state index in [1.54, 1.807) is 25.4 Å². The first-order valence-electron chi connectivity index (χ1n) is 8.20. The fourth-order valence-electron chi connectivity index (χ4n) is 2.84. The van der Waals surface area contributed by atoms with Crippen molar-refractivity contribution < 1.29 is 9.13 Å². The Hall–Kier alpha value is -2.83. The first-order chi connectivity index (χ1) is 12.2. The van der Waals surface area contributed by atoms with Crippen molar-refractivity contribution in [3.8, 4) is 5.88 Å². The molecule has 7 heteroatoms. The number of guanidine groups is 1. The lowest BCUT2D eigenvalue weighted by atomic mass is 10.2. The summed E-state index contributed by atoms with van der Waals surface area (Å²) >= 11 is 0. The summed E-state index contributed by atoms with van der Waals surface area (Å²) in [6.07, 6.45) is 1.68. The summed E-state index contributed by atoms with van der Waals surface area (Å²) in [6.45, 7) is 3.62. The minimum absolute atomic E-state index is 0.218. The second kappa shape index (κ2) is 7.83. The van der Waals surface area contributed by atoms with Crippen LogP contribution in [0, 0.1) is 5.82 Å². The van der Waals surface area contributed by atoms with Crippen molar-refractivity contribution in [2.24, 2.45) is 10.7 Å². The molecule has 1 aliphatic rings. The molecule has 1 aliphatic heterocycles. The van der Waals surface area contributed by atoms with Crippen LogP contribution in [-0.2, 0) is 6.54 Å². The quantitative estimate of drug-likeness (QED) is 0.678. The van der Waals surface area contributed by atoms with Gasteiger partial charge < -0.3 is 20.3 Å². The minimum atomic E-state index is -0.218. The molecule has 0 radical (unpaired) electrons. The molecule has 0 amide bonds. The molecule has 2 N–H and O–H groups in total. The highest BCUT2D eigenvalue weighted by Gasteiger charge is 2.18. The largest absolute Gasteiger partial charge is 0.481 e. The molecule has 0 bridgehead atoms. The third-order valence-corrected chi connectivity index (χ3v) is 4.25. The Morgan fingerprint density at radius 3 is 2.60 bits per heavy atom. The third-order valence-electron chi connectivity index (χ3n) is 4.25. The van der Waals surface area contributed by atoms with Gasteiger partial charge in [0.1, 0.15) is 5.82 Å². The highest BCUT2D eigenvalue weighted by Crippen LogP contribution is 2.17. The van der Waals surface area contributed by atoms with Crippen molar-refractivity contribution in [2.45, 2.75) is 6.54 Å². The number of benzene rings is 1. The number of ether oxygens (including phenoxy) is 1. The lowest BCUT2D eigenvalue weighted by Crippen LogP contribution is -2.51. The van der Waals surface area contributed by atoms with Gasteiger partial charge in [0.25, 0.3) is 0 Å². The summed E-state index contributed by atoms with van der Waals surface area (Å²) in [5, 5.41) is 0. The molecule has 2 heterocycles. The van der Waals surface area contributed by atoms with Crippen LogP contribution < -0.4 is 15.4 Å². The Kier molecular flexibility index (Phi) is 5.33. The Morgan fingerprint density at radius 1 is 1.20 bits per heavy atom. The van der Waals surface area contributed by atoms with Crippen molar-refractivity contribution in [1.82, 2.24) is 9.88 Å². The minimum Gasteiger partial charge on any atom is -0.481 e. The fraction of sp³-hybridized carbons (Fsp3) is 0.333. The van der Waals surface area contributed by atoms with Crippen molar-refractivity contribution in [2.75, 3.05) is 38.2 Å². The van der Waals surface area contributed by atoms with Crippen molar-refractivity contribution in [3.05, 3.63) is 54.0 Å². The van der Waals surface area contributed by atoms with Crippen LogP contribution in [0.1, 0.15) is 5.56 Å². The van der Waals surface area contributed by atoms with E-state index in [2.05, 4.69) is 19.8 Å². The maximum absolute atomic E-state index is 13.0. The van der Waals surface area contributed by atoms with E-state index in [1.807, 2.05) is 12.1 Å². The molecular weight excluding hydrogens is 321 g/mol. The second-order valence-electron chi connectivity index (χ2n) is 5.80. The van der Waals surface area contributed by atoms with E-state index < -0.39 is 0 Å². The lowest BCUT2D eigenvalue weighted by molar-refractivity contribution is 0.379. The van der Waals surface area contributed by atoms with Gasteiger partial charge in [0.15, 0.2) is 5.96 Å². The van der Waals surface area contributed by atoms with Crippen LogP contribution in [-0.4, -0.2) is 49.1 Å². The monoisotopic (exact) mass is 343 g/mol. The molecule has 6 nitrogen and oxygen atoms in total. The molecule has 1 fully saturated rings. The lowest BCUT2D eigenvalue weighted by Gasteiger charge is -2.36. The van der Waals surface area contributed by atoms with Crippen LogP contribution in [0.3, 0.4) is 0 Å². The van der Waals surface area contributed by atoms with Gasteiger partial charge in [-0.1, -0.05) is 6.07 Å². The Bertz CT molecular complexity index is 727. The van der Waals surface area contributed by atoms with Gasteiger partial charge in [-0.25, -0.2) is 14.4 Å². The van der Waals surface area contributed by atoms with Gasteiger partial charge in [0.05, 0.1) is 13.7 Å². The number of methoxy groups -OCH3 is 1. The normalized spacial score (nSPS) is 15.4. The van der Waals surface area contributed by atoms with Gasteiger partial charge in [-0.05, 0) is 30.3 Å². The van der Waals surface area contributed by atoms with Crippen molar-refractivity contribution in [3.63, 3.8) is 0 Å². The van der Waals surface area contributed by atoms with Crippen molar-refractivity contribution in [1.29, 1.82) is 0 Å². The molecule has 1 aromatic carbocycles. The van der Waals surface area contributed by atoms with Gasteiger partial charge in [0.2, 0.25) is 5.88 Å². The van der Waals surface area contributed by atoms with E-state index in [-0.39, 0.29) is 5.82 Å². The van der Waals surface area contributed by atoms with E-state index in [0.717, 1.165) is 37.4 Å². The number of pyridine rings is 1. The Labute approximate surface area is 146 Å². The number of anilines is 1. The smallest absolute Gasteiger partial charge is 0.218 e. The van der Waals surface area contributed by atoms with Crippen LogP contribution in [0.5, 0.6) is 5.88 Å². The maximum atomic E-state index is 13.0. The van der Waals surface area contributed by atoms with E-state index in [4.69, 9.17) is 10.5 Å². The molecular formula is C18H22FN5O. The standard InChI is InChI=1S/C18H22FN5O/c1-25-17-14(3-2-8-21-17)13-22-18(20)24-11-9-23(10-12-24)16-6-4-15(19)5-7-16/h2-8H,9-13H2,1H3,(H2,20,22). The van der Waals surface area contributed by atoms with E-state index in [1.165, 1.54) is 12.1 Å². The van der Waals surface area contributed by atoms with Gasteiger partial charge in [-0.3, -0.25) is 0 Å². The molecule has 0 saturated carbocycles. The van der Waals surface area contributed by atoms with Crippen LogP contribution in [0.25, 0.3) is 0 Å². The molecule has 0 atom stereocenters. The average Bonchev–Trinajstić information content (AvgIpc) is 2.67. The second-order valence-corrected chi connectivity index (χ2v) is 5.80. The van der Waals surface area contributed by atoms with Crippen molar-refractivity contribution >= 4 is 11.6 Å². The summed E-state index contributed by atoms with van der Waals surface area (Å²) in [6, 6.07) is 10.4. The zero-order valence-corrected chi connectivity index (χ0v) is 14.2. The average molecular weight is 343 g/mol. The highest BCUT2D eigenvalue weighted by molar-refractivity contribution is 5.78. The fourth-order valence-corrected chi connectivity index (χ4v) is 2.84. The summed E-state index contributed by atoms with van der Waals surface area (Å²) < 4.78 is 18.3. The number of hydrogen-bond acceptors (Lipinski definition) is 4. The molecule has 0 unspecified atom stereocenters. The maximum Gasteiger partial charge on any atom is 0.218 e. The molecule has 0 spiro atoms. The number of rotatable bonds is 4. The van der Waals surface area contributed by atoms with Crippen LogP contribution >= 0.6 is 0 Å². The molecule has 3 rings (SSSR count). The number of halogens is 1. The zero-order valence-electron chi connectivity index (χ0n) is 14.2. The third kappa shape index (κ3) is 4.17. The van der Waals surface area contributed by atoms with E-state index in [9.17, 15) is 4.39 Å². The van der Waals surface area contributed by atoms with E-state index >= 15 is 0 Å². The SMILES string of the molecule is COc1ncccc1CN=C(N)N1CCN(c2ccc(F)cc2)CC1. The van der Waals surface area contributed by atoms with Gasteiger partial charge >= 0.3 is 0 Å². The molecule has 2 aromatic rings. The zero-order chi connectivity index (χ0) is 17.6. The summed E-state index contributed by atoms with van der Waals surface area (Å²) in [7, 11) is 1.59. The summed E-state index contributed by atoms with van der Waals surface area (Å²) in [4.78, 5) is 12.9. The predicted molar refractivity (Wildman–Crippen MR) is 96.3 cm³/mol. The van der Waals surface area contributed by atoms with Crippen LogP contribution in [0.15, 0.2) is 47.6 Å². The molecule has 1 aromatic heterocycles. The highest BCUT2D eigenvalue weighted by atomic mass is 19.1. The topological polar surface area (TPSA) is 67.0 Å². The van der Waals surface area contributed by atoms with Crippen LogP contribution in [0.2, 0.25) is 0 Å². The Morgan fingerprint density at radius 2 is 1.92 bits per heavy atom. The molecule has 1 saturated heterocycles. The van der Waals surface area contributed by atoms with Crippen LogP contribution in [0.4, 0.5) is 10.1 Å². The summed E-state index contributed by atoms with van der Waals surface area (Å²) in [5.41, 5.74) is 8.06. The number of nitrogens with two attached hydrogens (primary N) is 1. The Balaban J connectivity index is 1.57. The first kappa shape index (κ1) is 17.0. The number of aromatic nitrogens is 1. The number of aliphatic imine (C=N–C) groups is 1. The van der Waals surface area contributed by atoms with E-state index in [0.29, 0.717) is 18.4 Å². The van der Waals surface area contributed by atoms with Gasteiger partial charge in [-0.15, -0.1) is 0 Å². The molecule has 132 valence electrons. The predicted octanol–water partition coefficient (Wildman–Crippen LogP) is 1.87. The number of hydrogen-bond donors (Lipinski definition) is 1. The number of nitrogens with zero attached hydrogens (tertiary/aromatic N) is 4. The first-order valence-corrected chi connectivity index (χ1v) is 8.20. The number of piperazine rings is 1. The van der Waals surface area contributed by atoms with Gasteiger partial charge in [-0.2, -0.15) is 0 Å². The summed E-state index contributed by atoms with van der Waals surface area (Å²) in [5.74, 6) is 0.870. The molecule has 0 aliphatic carbocycles. The van der Waals surface area contributed by atoms with Gasteiger partial charge in [0, 0.05) is 43.6 Å². The molecule has 25 heavy (non-hydrogen) atoms.